The fourth-order valence-corrected chi connectivity index (χ4v) is 10.5. The summed E-state index contributed by atoms with van der Waals surface area (Å²) in [5, 5.41) is 6.39. The first-order valence-corrected chi connectivity index (χ1v) is 13.4. The predicted octanol–water partition coefficient (Wildman–Crippen LogP) is 5.60. The first kappa shape index (κ1) is 25.4. The number of amides is 1. The van der Waals surface area contributed by atoms with Crippen LogP contribution in [0.5, 0.6) is 0 Å². The van der Waals surface area contributed by atoms with E-state index in [9.17, 15) is 4.79 Å². The van der Waals surface area contributed by atoms with Gasteiger partial charge in [-0.1, -0.05) is 41.5 Å². The molecule has 0 heterocycles. The SMILES string of the molecule is CC(C)[Si](OC1CCC(NCCNC(=O)OC(C)(C)C)CC1)(C(C)C)C(C)C. The van der Waals surface area contributed by atoms with E-state index in [2.05, 4.69) is 52.2 Å². The summed E-state index contributed by atoms with van der Waals surface area (Å²) in [6.45, 7) is 21.1. The van der Waals surface area contributed by atoms with Crippen molar-refractivity contribution >= 4 is 14.4 Å². The van der Waals surface area contributed by atoms with Crippen LogP contribution < -0.4 is 10.6 Å². The zero-order valence-corrected chi connectivity index (χ0v) is 20.9. The molecule has 0 atom stereocenters. The van der Waals surface area contributed by atoms with E-state index in [1.165, 1.54) is 0 Å². The smallest absolute Gasteiger partial charge is 0.407 e. The molecular weight excluding hydrogens is 368 g/mol. The molecule has 0 saturated heterocycles. The van der Waals surface area contributed by atoms with Crippen molar-refractivity contribution in [1.29, 1.82) is 0 Å². The second-order valence-corrected chi connectivity index (χ2v) is 15.7. The highest BCUT2D eigenvalue weighted by atomic mass is 28.4. The highest BCUT2D eigenvalue weighted by Crippen LogP contribution is 2.44. The van der Waals surface area contributed by atoms with Gasteiger partial charge in [0.15, 0.2) is 0 Å². The van der Waals surface area contributed by atoms with Crippen molar-refractivity contribution in [1.82, 2.24) is 10.6 Å². The first-order valence-electron chi connectivity index (χ1n) is 11.3. The molecule has 1 amide bonds. The summed E-state index contributed by atoms with van der Waals surface area (Å²) in [6.07, 6.45) is 4.64. The molecule has 1 fully saturated rings. The van der Waals surface area contributed by atoms with Crippen molar-refractivity contribution in [3.05, 3.63) is 0 Å². The summed E-state index contributed by atoms with van der Waals surface area (Å²) in [5.74, 6) is 0. The molecule has 0 bridgehead atoms. The first-order chi connectivity index (χ1) is 12.9. The van der Waals surface area contributed by atoms with E-state index in [1.807, 2.05) is 20.8 Å². The lowest BCUT2D eigenvalue weighted by Gasteiger charge is -2.46. The van der Waals surface area contributed by atoms with Crippen LogP contribution >= 0.6 is 0 Å². The van der Waals surface area contributed by atoms with Crippen molar-refractivity contribution in [2.24, 2.45) is 0 Å². The number of carbonyl (C=O) groups excluding carboxylic acids is 1. The van der Waals surface area contributed by atoms with E-state index >= 15 is 0 Å². The molecular formula is C22H46N2O3Si. The quantitative estimate of drug-likeness (QED) is 0.380. The summed E-state index contributed by atoms with van der Waals surface area (Å²) >= 11 is 0. The maximum Gasteiger partial charge on any atom is 0.407 e. The van der Waals surface area contributed by atoms with Crippen LogP contribution in [0.2, 0.25) is 16.6 Å². The molecule has 1 aliphatic carbocycles. The normalized spacial score (nSPS) is 21.4. The zero-order chi connectivity index (χ0) is 21.5. The topological polar surface area (TPSA) is 59.6 Å². The van der Waals surface area contributed by atoms with Gasteiger partial charge in [-0.15, -0.1) is 0 Å². The van der Waals surface area contributed by atoms with Crippen LogP contribution in [0.15, 0.2) is 0 Å². The van der Waals surface area contributed by atoms with E-state index in [1.54, 1.807) is 0 Å². The number of hydrogen-bond acceptors (Lipinski definition) is 4. The number of carbonyl (C=O) groups is 1. The van der Waals surface area contributed by atoms with Crippen molar-refractivity contribution in [3.8, 4) is 0 Å². The van der Waals surface area contributed by atoms with Gasteiger partial charge in [0, 0.05) is 25.2 Å². The third kappa shape index (κ3) is 7.67. The molecule has 1 saturated carbocycles. The number of alkyl carbamates (subject to hydrolysis) is 1. The minimum Gasteiger partial charge on any atom is -0.444 e. The second-order valence-electron chi connectivity index (χ2n) is 10.3. The standard InChI is InChI=1S/C22H46N2O3Si/c1-16(2)28(17(3)4,18(5)6)27-20-12-10-19(11-13-20)23-14-15-24-21(25)26-22(7,8)9/h16-20,23H,10-15H2,1-9H3,(H,24,25). The van der Waals surface area contributed by atoms with Crippen molar-refractivity contribution < 1.29 is 14.0 Å². The maximum atomic E-state index is 11.7. The van der Waals surface area contributed by atoms with Gasteiger partial charge in [-0.3, -0.25) is 0 Å². The Bertz CT molecular complexity index is 445. The van der Waals surface area contributed by atoms with Crippen LogP contribution in [0.3, 0.4) is 0 Å². The Kier molecular flexibility index (Phi) is 9.97. The molecule has 28 heavy (non-hydrogen) atoms. The molecule has 0 spiro atoms. The lowest BCUT2D eigenvalue weighted by molar-refractivity contribution is 0.0527. The molecule has 0 aromatic rings. The summed E-state index contributed by atoms with van der Waals surface area (Å²) < 4.78 is 12.2. The molecule has 1 rings (SSSR count). The lowest BCUT2D eigenvalue weighted by Crippen LogP contribution is -2.51. The van der Waals surface area contributed by atoms with E-state index in [0.717, 1.165) is 32.2 Å². The molecule has 6 heteroatoms. The monoisotopic (exact) mass is 414 g/mol. The average molecular weight is 415 g/mol. The van der Waals surface area contributed by atoms with Crippen LogP contribution in [0, 0.1) is 0 Å². The molecule has 0 aromatic carbocycles. The minimum absolute atomic E-state index is 0.344. The van der Waals surface area contributed by atoms with Crippen LogP contribution in [0.4, 0.5) is 4.79 Å². The van der Waals surface area contributed by atoms with Gasteiger partial charge in [-0.05, 0) is 63.1 Å². The van der Waals surface area contributed by atoms with Gasteiger partial charge < -0.3 is 19.8 Å². The lowest BCUT2D eigenvalue weighted by atomic mass is 9.93. The average Bonchev–Trinajstić information content (AvgIpc) is 2.55. The molecule has 1 aliphatic rings. The Labute approximate surface area is 174 Å². The van der Waals surface area contributed by atoms with E-state index in [-0.39, 0.29) is 6.09 Å². The molecule has 0 unspecified atom stereocenters. The summed E-state index contributed by atoms with van der Waals surface area (Å²) in [5.41, 5.74) is 1.47. The van der Waals surface area contributed by atoms with Crippen LogP contribution in [0.25, 0.3) is 0 Å². The summed E-state index contributed by atoms with van der Waals surface area (Å²) in [4.78, 5) is 11.7. The Morgan fingerprint density at radius 3 is 1.86 bits per heavy atom. The zero-order valence-electron chi connectivity index (χ0n) is 19.9. The predicted molar refractivity (Wildman–Crippen MR) is 120 cm³/mol. The number of nitrogens with one attached hydrogen (secondary N) is 2. The van der Waals surface area contributed by atoms with Gasteiger partial charge in [0.1, 0.15) is 5.60 Å². The molecule has 0 radical (unpaired) electrons. The molecule has 2 N–H and O–H groups in total. The third-order valence-corrected chi connectivity index (χ3v) is 12.1. The second kappa shape index (κ2) is 11.0. The Balaban J connectivity index is 2.38. The van der Waals surface area contributed by atoms with E-state index < -0.39 is 13.9 Å². The summed E-state index contributed by atoms with van der Waals surface area (Å²) in [7, 11) is -1.78. The molecule has 166 valence electrons. The van der Waals surface area contributed by atoms with Crippen LogP contribution in [0.1, 0.15) is 88.0 Å². The molecule has 5 nitrogen and oxygen atoms in total. The summed E-state index contributed by atoms with van der Waals surface area (Å²) in [6, 6.07) is 0.522. The van der Waals surface area contributed by atoms with Crippen molar-refractivity contribution in [2.75, 3.05) is 13.1 Å². The molecule has 0 aliphatic heterocycles. The Hall–Kier alpha value is -0.593. The van der Waals surface area contributed by atoms with Gasteiger partial charge in [-0.25, -0.2) is 4.79 Å². The van der Waals surface area contributed by atoms with Gasteiger partial charge in [0.25, 0.3) is 0 Å². The Morgan fingerprint density at radius 1 is 0.929 bits per heavy atom. The fourth-order valence-electron chi connectivity index (χ4n) is 4.84. The number of rotatable bonds is 9. The highest BCUT2D eigenvalue weighted by molar-refractivity contribution is 6.77. The minimum atomic E-state index is -1.78. The highest BCUT2D eigenvalue weighted by Gasteiger charge is 2.46. The largest absolute Gasteiger partial charge is 0.444 e. The number of hydrogen-bond donors (Lipinski definition) is 2. The maximum absolute atomic E-state index is 11.7. The number of ether oxygens (including phenoxy) is 1. The van der Waals surface area contributed by atoms with E-state index in [4.69, 9.17) is 9.16 Å². The van der Waals surface area contributed by atoms with Crippen molar-refractivity contribution in [3.63, 3.8) is 0 Å². The van der Waals surface area contributed by atoms with Gasteiger partial charge in [-0.2, -0.15) is 0 Å². The fraction of sp³-hybridized carbons (Fsp3) is 0.955. The van der Waals surface area contributed by atoms with E-state index in [0.29, 0.717) is 35.3 Å². The van der Waals surface area contributed by atoms with Crippen LogP contribution in [-0.4, -0.2) is 45.2 Å². The van der Waals surface area contributed by atoms with Gasteiger partial charge >= 0.3 is 6.09 Å². The third-order valence-electron chi connectivity index (χ3n) is 5.98. The Morgan fingerprint density at radius 2 is 1.43 bits per heavy atom. The van der Waals surface area contributed by atoms with Gasteiger partial charge in [0.2, 0.25) is 8.32 Å². The van der Waals surface area contributed by atoms with Crippen molar-refractivity contribution in [2.45, 2.75) is 122 Å². The van der Waals surface area contributed by atoms with Crippen LogP contribution in [-0.2, 0) is 9.16 Å². The molecule has 0 aromatic heterocycles. The van der Waals surface area contributed by atoms with Gasteiger partial charge in [0.05, 0.1) is 0 Å².